The fourth-order valence-electron chi connectivity index (χ4n) is 2.89. The number of carbonyl (C=O) groups is 2. The van der Waals surface area contributed by atoms with Crippen LogP contribution in [0.25, 0.3) is 0 Å². The fraction of sp³-hybridized carbons (Fsp3) is 0.500. The van der Waals surface area contributed by atoms with Crippen molar-refractivity contribution in [2.45, 2.75) is 30.8 Å². The zero-order valence-electron chi connectivity index (χ0n) is 11.6. The van der Waals surface area contributed by atoms with Crippen LogP contribution in [0.1, 0.15) is 19.8 Å². The third kappa shape index (κ3) is 1.99. The lowest BCUT2D eigenvalue weighted by Crippen LogP contribution is -2.58. The van der Waals surface area contributed by atoms with E-state index in [4.69, 9.17) is 5.73 Å². The number of thioether (sulfide) groups is 1. The standard InChI is InChI=1S/C12H15N5O3S/c1-3-5-6-4-7(8(12(19)20)17(6)11(5)18)21-10-9(13)14-16(2)15-10/h5-6H,3-4H2,1-2H3,(H2,13,14)(H,19,20). The van der Waals surface area contributed by atoms with Gasteiger partial charge in [-0.3, -0.25) is 4.79 Å². The van der Waals surface area contributed by atoms with Gasteiger partial charge < -0.3 is 15.7 Å². The second kappa shape index (κ2) is 4.76. The van der Waals surface area contributed by atoms with Gasteiger partial charge in [-0.25, -0.2) is 4.79 Å². The summed E-state index contributed by atoms with van der Waals surface area (Å²) >= 11 is 1.18. The number of rotatable bonds is 4. The predicted molar refractivity (Wildman–Crippen MR) is 75.0 cm³/mol. The van der Waals surface area contributed by atoms with Crippen LogP contribution in [0.15, 0.2) is 15.6 Å². The Bertz CT molecular complexity index is 668. The number of anilines is 1. The van der Waals surface area contributed by atoms with Gasteiger partial charge in [-0.05, 0) is 6.42 Å². The van der Waals surface area contributed by atoms with Gasteiger partial charge in [0, 0.05) is 18.4 Å². The zero-order valence-corrected chi connectivity index (χ0v) is 12.4. The number of hydrogen-bond donors (Lipinski definition) is 2. The Balaban J connectivity index is 1.92. The molecule has 0 saturated carbocycles. The van der Waals surface area contributed by atoms with Gasteiger partial charge in [0.15, 0.2) is 10.8 Å². The molecule has 3 heterocycles. The molecule has 1 saturated heterocycles. The average molecular weight is 309 g/mol. The van der Waals surface area contributed by atoms with Crippen LogP contribution in [0.2, 0.25) is 0 Å². The van der Waals surface area contributed by atoms with Crippen molar-refractivity contribution in [3.8, 4) is 0 Å². The van der Waals surface area contributed by atoms with E-state index in [0.29, 0.717) is 16.4 Å². The van der Waals surface area contributed by atoms with Crippen LogP contribution in [0.5, 0.6) is 0 Å². The van der Waals surface area contributed by atoms with Crippen molar-refractivity contribution in [1.29, 1.82) is 0 Å². The van der Waals surface area contributed by atoms with Gasteiger partial charge in [-0.2, -0.15) is 4.80 Å². The highest BCUT2D eigenvalue weighted by Crippen LogP contribution is 2.48. The van der Waals surface area contributed by atoms with Crippen molar-refractivity contribution in [1.82, 2.24) is 19.9 Å². The van der Waals surface area contributed by atoms with Crippen LogP contribution >= 0.6 is 11.8 Å². The summed E-state index contributed by atoms with van der Waals surface area (Å²) in [5.41, 5.74) is 5.80. The molecule has 0 bridgehead atoms. The SMILES string of the molecule is CCC1C(=O)N2C(C(=O)O)=C(Sc3nn(C)nc3N)CC12. The first-order valence-electron chi connectivity index (χ1n) is 6.58. The minimum Gasteiger partial charge on any atom is -0.477 e. The van der Waals surface area contributed by atoms with E-state index in [9.17, 15) is 14.7 Å². The lowest BCUT2D eigenvalue weighted by Gasteiger charge is -2.42. The molecule has 0 radical (unpaired) electrons. The maximum absolute atomic E-state index is 12.0. The molecule has 21 heavy (non-hydrogen) atoms. The number of nitrogen functional groups attached to an aromatic ring is 1. The number of fused-ring (bicyclic) bond motifs is 1. The highest BCUT2D eigenvalue weighted by molar-refractivity contribution is 8.03. The van der Waals surface area contributed by atoms with E-state index < -0.39 is 5.97 Å². The summed E-state index contributed by atoms with van der Waals surface area (Å²) < 4.78 is 0. The quantitative estimate of drug-likeness (QED) is 0.775. The Morgan fingerprint density at radius 2 is 2.24 bits per heavy atom. The maximum Gasteiger partial charge on any atom is 0.353 e. The summed E-state index contributed by atoms with van der Waals surface area (Å²) in [6, 6.07) is -0.0472. The molecule has 3 N–H and O–H groups in total. The summed E-state index contributed by atoms with van der Waals surface area (Å²) in [7, 11) is 1.64. The summed E-state index contributed by atoms with van der Waals surface area (Å²) in [6.07, 6.45) is 1.25. The van der Waals surface area contributed by atoms with Crippen molar-refractivity contribution in [3.05, 3.63) is 10.6 Å². The molecule has 2 aliphatic rings. The van der Waals surface area contributed by atoms with Crippen molar-refractivity contribution >= 4 is 29.5 Å². The molecule has 2 atom stereocenters. The summed E-state index contributed by atoms with van der Waals surface area (Å²) in [5.74, 6) is -1.03. The number of hydrogen-bond acceptors (Lipinski definition) is 6. The number of nitrogens with zero attached hydrogens (tertiary/aromatic N) is 4. The minimum atomic E-state index is -1.09. The smallest absolute Gasteiger partial charge is 0.353 e. The third-order valence-electron chi connectivity index (χ3n) is 3.82. The van der Waals surface area contributed by atoms with Crippen molar-refractivity contribution in [3.63, 3.8) is 0 Å². The average Bonchev–Trinajstić information content (AvgIpc) is 2.89. The first kappa shape index (κ1) is 13.9. The molecule has 1 fully saturated rings. The summed E-state index contributed by atoms with van der Waals surface area (Å²) in [5, 5.41) is 17.9. The van der Waals surface area contributed by atoms with E-state index in [1.165, 1.54) is 21.5 Å². The van der Waals surface area contributed by atoms with E-state index >= 15 is 0 Å². The van der Waals surface area contributed by atoms with E-state index in [0.717, 1.165) is 6.42 Å². The molecule has 0 aliphatic carbocycles. The molecule has 0 aromatic carbocycles. The topological polar surface area (TPSA) is 114 Å². The highest BCUT2D eigenvalue weighted by atomic mass is 32.2. The number of aliphatic carboxylic acids is 1. The van der Waals surface area contributed by atoms with Crippen LogP contribution in [0, 0.1) is 5.92 Å². The normalized spacial score (nSPS) is 24.3. The molecule has 8 nitrogen and oxygen atoms in total. The van der Waals surface area contributed by atoms with Gasteiger partial charge in [0.1, 0.15) is 5.70 Å². The number of carbonyl (C=O) groups excluding carboxylic acids is 1. The Morgan fingerprint density at radius 3 is 2.76 bits per heavy atom. The zero-order chi connectivity index (χ0) is 15.3. The molecule has 3 rings (SSSR count). The minimum absolute atomic E-state index is 0.0472. The van der Waals surface area contributed by atoms with Crippen LogP contribution < -0.4 is 5.73 Å². The predicted octanol–water partition coefficient (Wildman–Crippen LogP) is 0.426. The van der Waals surface area contributed by atoms with Crippen molar-refractivity contribution in [2.24, 2.45) is 13.0 Å². The Morgan fingerprint density at radius 1 is 1.52 bits per heavy atom. The first-order chi connectivity index (χ1) is 9.93. The number of amides is 1. The molecule has 2 aliphatic heterocycles. The fourth-order valence-corrected chi connectivity index (χ4v) is 3.96. The molecular weight excluding hydrogens is 294 g/mol. The van der Waals surface area contributed by atoms with Crippen molar-refractivity contribution in [2.75, 3.05) is 5.73 Å². The number of carboxylic acids is 1. The monoisotopic (exact) mass is 309 g/mol. The largest absolute Gasteiger partial charge is 0.477 e. The number of aryl methyl sites for hydroxylation is 1. The van der Waals surface area contributed by atoms with Crippen LogP contribution in [-0.4, -0.2) is 42.9 Å². The highest BCUT2D eigenvalue weighted by Gasteiger charge is 2.54. The maximum atomic E-state index is 12.0. The molecular formula is C12H15N5O3S. The van der Waals surface area contributed by atoms with E-state index in [1.807, 2.05) is 6.92 Å². The third-order valence-corrected chi connectivity index (χ3v) is 4.91. The molecule has 2 unspecified atom stereocenters. The van der Waals surface area contributed by atoms with Gasteiger partial charge in [-0.1, -0.05) is 18.7 Å². The molecule has 9 heteroatoms. The van der Waals surface area contributed by atoms with Crippen LogP contribution in [0.3, 0.4) is 0 Å². The van der Waals surface area contributed by atoms with Crippen LogP contribution in [-0.2, 0) is 16.6 Å². The lowest BCUT2D eigenvalue weighted by molar-refractivity contribution is -0.155. The molecule has 1 aromatic rings. The van der Waals surface area contributed by atoms with Gasteiger partial charge in [0.2, 0.25) is 5.91 Å². The Labute approximate surface area is 125 Å². The second-order valence-electron chi connectivity index (χ2n) is 5.05. The second-order valence-corrected chi connectivity index (χ2v) is 6.14. The number of carboxylic acid groups (broad SMARTS) is 1. The Kier molecular flexibility index (Phi) is 3.16. The molecule has 0 spiro atoms. The first-order valence-corrected chi connectivity index (χ1v) is 7.39. The van der Waals surface area contributed by atoms with E-state index in [2.05, 4.69) is 10.2 Å². The van der Waals surface area contributed by atoms with Crippen LogP contribution in [0.4, 0.5) is 5.82 Å². The van der Waals surface area contributed by atoms with E-state index in [-0.39, 0.29) is 29.4 Å². The summed E-state index contributed by atoms with van der Waals surface area (Å²) in [6.45, 7) is 1.94. The molecule has 112 valence electrons. The number of nitrogens with two attached hydrogens (primary N) is 1. The van der Waals surface area contributed by atoms with Crippen molar-refractivity contribution < 1.29 is 14.7 Å². The lowest BCUT2D eigenvalue weighted by atomic mass is 9.85. The van der Waals surface area contributed by atoms with E-state index in [1.54, 1.807) is 7.05 Å². The van der Waals surface area contributed by atoms with Gasteiger partial charge in [0.25, 0.3) is 0 Å². The van der Waals surface area contributed by atoms with Gasteiger partial charge >= 0.3 is 5.97 Å². The molecule has 1 aromatic heterocycles. The molecule has 1 amide bonds. The Hall–Kier alpha value is -2.03. The number of aromatic nitrogens is 3. The summed E-state index contributed by atoms with van der Waals surface area (Å²) in [4.78, 5) is 26.9. The number of β-lactam (4-membered cyclic amide) rings is 1. The van der Waals surface area contributed by atoms with Gasteiger partial charge in [0.05, 0.1) is 12.0 Å². The van der Waals surface area contributed by atoms with Gasteiger partial charge in [-0.15, -0.1) is 10.2 Å².